The molecule has 2 aliphatic carbocycles. The van der Waals surface area contributed by atoms with Gasteiger partial charge in [0.2, 0.25) is 0 Å². The fourth-order valence-electron chi connectivity index (χ4n) is 22.6. The van der Waals surface area contributed by atoms with E-state index in [1.54, 1.807) is 0 Å². The minimum Gasteiger partial charge on any atom is -0.456 e. The Morgan fingerprint density at radius 1 is 0.172 bits per heavy atom. The van der Waals surface area contributed by atoms with Crippen LogP contribution in [-0.4, -0.2) is 0 Å². The predicted octanol–water partition coefficient (Wildman–Crippen LogP) is 36.4. The van der Waals surface area contributed by atoms with Crippen LogP contribution in [0.15, 0.2) is 454 Å². The first kappa shape index (κ1) is 76.8. The van der Waals surface area contributed by atoms with Gasteiger partial charge in [-0.05, 0) is 291 Å². The second-order valence-electron chi connectivity index (χ2n) is 36.9. The first-order chi connectivity index (χ1) is 65.9. The summed E-state index contributed by atoms with van der Waals surface area (Å²) in [6.07, 6.45) is 0. The molecule has 0 fully saturated rings. The second-order valence-corrected chi connectivity index (χ2v) is 36.9. The van der Waals surface area contributed by atoms with Crippen molar-refractivity contribution in [3.63, 3.8) is 0 Å². The summed E-state index contributed by atoms with van der Waals surface area (Å²) in [5, 5.41) is 23.8. The zero-order valence-corrected chi connectivity index (χ0v) is 74.0. The van der Waals surface area contributed by atoms with Crippen molar-refractivity contribution in [3.8, 4) is 22.3 Å². The Hall–Kier alpha value is -17.2. The molecule has 8 heteroatoms. The molecule has 0 saturated carbocycles. The molecule has 0 aliphatic heterocycles. The number of para-hydroxylation sites is 10. The van der Waals surface area contributed by atoms with Crippen LogP contribution < -0.4 is 19.6 Å². The van der Waals surface area contributed by atoms with Crippen molar-refractivity contribution >= 4 is 221 Å². The van der Waals surface area contributed by atoms with Crippen LogP contribution in [-0.2, 0) is 10.8 Å². The van der Waals surface area contributed by atoms with Crippen LogP contribution in [0, 0.1) is 0 Å². The molecule has 0 atom stereocenters. The molecule has 0 amide bonds. The van der Waals surface area contributed by atoms with E-state index >= 15 is 0 Å². The number of furan rings is 4. The smallest absolute Gasteiger partial charge is 0.159 e. The maximum atomic E-state index is 6.67. The summed E-state index contributed by atoms with van der Waals surface area (Å²) in [5.74, 6) is 0. The molecule has 0 saturated heterocycles. The van der Waals surface area contributed by atoms with E-state index in [0.717, 1.165) is 156 Å². The van der Waals surface area contributed by atoms with E-state index in [1.807, 2.05) is 36.4 Å². The summed E-state index contributed by atoms with van der Waals surface area (Å²) in [5.41, 5.74) is 29.9. The van der Waals surface area contributed by atoms with Gasteiger partial charge in [-0.2, -0.15) is 0 Å². The number of hydrogen-bond acceptors (Lipinski definition) is 8. The molecule has 632 valence electrons. The van der Waals surface area contributed by atoms with Crippen LogP contribution in [0.4, 0.5) is 68.2 Å². The van der Waals surface area contributed by atoms with Gasteiger partial charge in [-0.1, -0.05) is 270 Å². The fraction of sp³-hybridized carbons (Fsp3) is 0.0476. The van der Waals surface area contributed by atoms with Gasteiger partial charge in [0.1, 0.15) is 33.5 Å². The third-order valence-corrected chi connectivity index (χ3v) is 28.7. The normalized spacial score (nSPS) is 13.0. The molecule has 0 unspecified atom stereocenters. The van der Waals surface area contributed by atoms with Gasteiger partial charge in [-0.3, -0.25) is 0 Å². The minimum absolute atomic E-state index is 0.282. The molecule has 0 radical (unpaired) electrons. The minimum atomic E-state index is -0.295. The molecule has 2 aliphatic rings. The molecule has 4 aromatic heterocycles. The van der Waals surface area contributed by atoms with Crippen LogP contribution in [0.3, 0.4) is 0 Å². The predicted molar refractivity (Wildman–Crippen MR) is 561 cm³/mol. The highest BCUT2D eigenvalue weighted by molar-refractivity contribution is 6.23. The van der Waals surface area contributed by atoms with Crippen LogP contribution in [0.1, 0.15) is 49.9 Å². The van der Waals surface area contributed by atoms with Crippen molar-refractivity contribution in [1.82, 2.24) is 0 Å². The van der Waals surface area contributed by atoms with E-state index in [1.165, 1.54) is 109 Å². The Labute approximate surface area is 772 Å². The highest BCUT2D eigenvalue weighted by Gasteiger charge is 2.42. The van der Waals surface area contributed by atoms with Crippen molar-refractivity contribution in [2.45, 2.75) is 38.5 Å². The number of anilines is 12. The Balaban J connectivity index is 0.000000136. The quantitative estimate of drug-likeness (QED) is 0.112. The highest BCUT2D eigenvalue weighted by atomic mass is 16.3. The Bertz CT molecular complexity index is 9370. The maximum Gasteiger partial charge on any atom is 0.159 e. The summed E-state index contributed by atoms with van der Waals surface area (Å²) in [6, 6.07) is 158. The van der Waals surface area contributed by atoms with Crippen molar-refractivity contribution in [2.75, 3.05) is 19.6 Å². The zero-order valence-electron chi connectivity index (χ0n) is 74.0. The second kappa shape index (κ2) is 29.7. The third kappa shape index (κ3) is 11.8. The number of fused-ring (bicyclic) bond motifs is 30. The molecule has 0 N–H and O–H groups in total. The van der Waals surface area contributed by atoms with Gasteiger partial charge in [-0.25, -0.2) is 0 Å². The summed E-state index contributed by atoms with van der Waals surface area (Å²) in [6.45, 7) is 9.64. The molecule has 0 spiro atoms. The average molecular weight is 1720 g/mol. The molecule has 4 heterocycles. The number of hydrogen-bond donors (Lipinski definition) is 0. The van der Waals surface area contributed by atoms with Crippen LogP contribution in [0.5, 0.6) is 0 Å². The molecule has 22 aromatic carbocycles. The van der Waals surface area contributed by atoms with E-state index in [4.69, 9.17) is 17.7 Å². The topological polar surface area (TPSA) is 65.5 Å². The fourth-order valence-corrected chi connectivity index (χ4v) is 22.6. The van der Waals surface area contributed by atoms with Crippen molar-refractivity contribution in [2.24, 2.45) is 0 Å². The van der Waals surface area contributed by atoms with E-state index in [-0.39, 0.29) is 10.8 Å². The van der Waals surface area contributed by atoms with Crippen molar-refractivity contribution < 1.29 is 17.7 Å². The van der Waals surface area contributed by atoms with Gasteiger partial charge in [-0.15, -0.1) is 0 Å². The molecule has 0 bridgehead atoms. The monoisotopic (exact) mass is 1720 g/mol. The molecule has 8 nitrogen and oxygen atoms in total. The van der Waals surface area contributed by atoms with Gasteiger partial charge >= 0.3 is 0 Å². The van der Waals surface area contributed by atoms with E-state index in [9.17, 15) is 0 Å². The van der Waals surface area contributed by atoms with Crippen molar-refractivity contribution in [1.29, 1.82) is 0 Å². The molecule has 134 heavy (non-hydrogen) atoms. The van der Waals surface area contributed by atoms with Gasteiger partial charge in [0, 0.05) is 123 Å². The van der Waals surface area contributed by atoms with Crippen LogP contribution in [0.25, 0.3) is 175 Å². The zero-order chi connectivity index (χ0) is 88.8. The average Bonchev–Trinajstić information content (AvgIpc) is 1.53. The Morgan fingerprint density at radius 2 is 0.455 bits per heavy atom. The summed E-state index contributed by atoms with van der Waals surface area (Å²) < 4.78 is 26.1. The van der Waals surface area contributed by atoms with Gasteiger partial charge in [0.05, 0.1) is 11.4 Å². The summed E-state index contributed by atoms with van der Waals surface area (Å²) in [7, 11) is 0. The van der Waals surface area contributed by atoms with Gasteiger partial charge in [0.25, 0.3) is 0 Å². The number of rotatable bonds is 12. The number of nitrogens with zero attached hydrogens (tertiary/aromatic N) is 4. The van der Waals surface area contributed by atoms with Gasteiger partial charge < -0.3 is 37.3 Å². The number of benzene rings is 22. The van der Waals surface area contributed by atoms with Gasteiger partial charge in [0.15, 0.2) is 11.2 Å². The molecule has 26 aromatic rings. The Kier molecular flexibility index (Phi) is 17.0. The molecular weight excluding hydrogens is 1630 g/mol. The first-order valence-electron chi connectivity index (χ1n) is 46.1. The lowest BCUT2D eigenvalue weighted by atomic mass is 9.79. The lowest BCUT2D eigenvalue weighted by molar-refractivity contribution is 0.667. The molecular formula is C126H84N4O4. The van der Waals surface area contributed by atoms with E-state index in [2.05, 4.69) is 448 Å². The standard InChI is InChI=1S/2C63H42N2O2/c1-63(2)54-37-40-35-43(64(41-17-5-3-6-18-41)55-27-15-25-50-46-22-11-13-29-57(46)66-61(50)55)32-31-39(40)36-53(54)59-48-24-10-9-21-45(48)52-38-44(33-34-49(52)60(59)63)65(42-19-7-4-8-20-42)56-28-16-26-51-47-23-12-14-30-58(47)67-62(51)56;1-63(2)56-35-40-33-43(64(41-15-5-3-6-16-41)45-27-30-50-48-20-11-13-23-57(48)66-59(50)37-45)26-25-39(40)34-55(56)61-52-22-10-9-19-47(52)54-36-44(29-32-53(54)62(61)63)65(42-17-7-4-8-18-42)46-28-31-51-49-21-12-14-24-58(49)67-60(51)38-46/h2*3-38H,1-2H3. The van der Waals surface area contributed by atoms with Crippen LogP contribution in [0.2, 0.25) is 0 Å². The largest absolute Gasteiger partial charge is 0.456 e. The highest BCUT2D eigenvalue weighted by Crippen LogP contribution is 2.60. The van der Waals surface area contributed by atoms with Crippen molar-refractivity contribution in [3.05, 3.63) is 459 Å². The Morgan fingerprint density at radius 3 is 0.851 bits per heavy atom. The van der Waals surface area contributed by atoms with E-state index < -0.39 is 0 Å². The summed E-state index contributed by atoms with van der Waals surface area (Å²) in [4.78, 5) is 9.38. The first-order valence-corrected chi connectivity index (χ1v) is 46.1. The third-order valence-electron chi connectivity index (χ3n) is 28.7. The van der Waals surface area contributed by atoms with Crippen LogP contribution >= 0.6 is 0 Å². The van der Waals surface area contributed by atoms with E-state index in [0.29, 0.717) is 0 Å². The summed E-state index contributed by atoms with van der Waals surface area (Å²) >= 11 is 0. The lowest BCUT2D eigenvalue weighted by Gasteiger charge is -2.28. The lowest BCUT2D eigenvalue weighted by Crippen LogP contribution is -2.16. The SMILES string of the molecule is CC1(C)c2cc3cc(N(c4ccccc4)c4ccc5c(c4)oc4ccccc45)ccc3cc2-c2c1c1ccc(N(c3ccccc3)c3ccc4c(c3)oc3ccccc34)cc1c1ccccc21.CC1(C)c2cc3cc(N(c4ccccc4)c4cccc5c4oc4ccccc45)ccc3cc2-c2c1c1ccc(N(c3ccccc3)c3cccc4c3oc3ccccc34)cc1c1ccccc21. The molecule has 28 rings (SSSR count). The maximum absolute atomic E-state index is 6.67.